The maximum atomic E-state index is 13.3. The number of rotatable bonds is 2. The molecule has 1 aromatic carbocycles. The van der Waals surface area contributed by atoms with E-state index in [1.54, 1.807) is 0 Å². The summed E-state index contributed by atoms with van der Waals surface area (Å²) in [5, 5.41) is 10.3. The van der Waals surface area contributed by atoms with Crippen molar-refractivity contribution < 1.29 is 9.50 Å². The Morgan fingerprint density at radius 1 is 1.31 bits per heavy atom. The van der Waals surface area contributed by atoms with E-state index in [2.05, 4.69) is 6.92 Å². The van der Waals surface area contributed by atoms with Gasteiger partial charge >= 0.3 is 0 Å². The van der Waals surface area contributed by atoms with Crippen molar-refractivity contribution in [1.29, 1.82) is 0 Å². The lowest BCUT2D eigenvalue weighted by Crippen LogP contribution is -2.15. The number of hydrogen-bond acceptors (Lipinski definition) is 1. The van der Waals surface area contributed by atoms with Crippen LogP contribution >= 0.6 is 0 Å². The van der Waals surface area contributed by atoms with E-state index in [0.29, 0.717) is 11.8 Å². The maximum absolute atomic E-state index is 13.3. The first-order valence-electron chi connectivity index (χ1n) is 6.03. The standard InChI is InChI=1S/C14H19FO/c1-9-6-11(8-12(15)7-9)14(16)13-5-3-4-10(13)2/h6-8,10,13-14,16H,3-5H2,1-2H3. The fourth-order valence-electron chi connectivity index (χ4n) is 2.83. The molecule has 1 aliphatic carbocycles. The Kier molecular flexibility index (Phi) is 3.29. The molecule has 1 saturated carbocycles. The van der Waals surface area contributed by atoms with Crippen molar-refractivity contribution in [3.8, 4) is 0 Å². The lowest BCUT2D eigenvalue weighted by atomic mass is 9.87. The molecule has 0 bridgehead atoms. The van der Waals surface area contributed by atoms with Gasteiger partial charge in [0.25, 0.3) is 0 Å². The van der Waals surface area contributed by atoms with Gasteiger partial charge in [-0.1, -0.05) is 25.8 Å². The minimum atomic E-state index is -0.508. The summed E-state index contributed by atoms with van der Waals surface area (Å²) in [5.74, 6) is 0.583. The second kappa shape index (κ2) is 4.54. The molecule has 2 heteroatoms. The van der Waals surface area contributed by atoms with Gasteiger partial charge in [0.15, 0.2) is 0 Å². The summed E-state index contributed by atoms with van der Waals surface area (Å²) in [7, 11) is 0. The summed E-state index contributed by atoms with van der Waals surface area (Å²) < 4.78 is 13.3. The lowest BCUT2D eigenvalue weighted by Gasteiger charge is -2.22. The minimum absolute atomic E-state index is 0.250. The molecule has 0 radical (unpaired) electrons. The largest absolute Gasteiger partial charge is 0.388 e. The molecule has 3 unspecified atom stereocenters. The van der Waals surface area contributed by atoms with Gasteiger partial charge in [-0.2, -0.15) is 0 Å². The van der Waals surface area contributed by atoms with E-state index in [1.165, 1.54) is 25.0 Å². The van der Waals surface area contributed by atoms with Crippen LogP contribution in [0, 0.1) is 24.6 Å². The van der Waals surface area contributed by atoms with Crippen LogP contribution in [0.4, 0.5) is 4.39 Å². The topological polar surface area (TPSA) is 20.2 Å². The molecule has 1 N–H and O–H groups in total. The van der Waals surface area contributed by atoms with Crippen molar-refractivity contribution in [3.63, 3.8) is 0 Å². The second-order valence-electron chi connectivity index (χ2n) is 5.08. The van der Waals surface area contributed by atoms with Crippen LogP contribution < -0.4 is 0 Å². The predicted octanol–water partition coefficient (Wildman–Crippen LogP) is 3.60. The third-order valence-corrected chi connectivity index (χ3v) is 3.74. The number of halogens is 1. The molecule has 88 valence electrons. The third-order valence-electron chi connectivity index (χ3n) is 3.74. The van der Waals surface area contributed by atoms with E-state index >= 15 is 0 Å². The number of aryl methyl sites for hydroxylation is 1. The van der Waals surface area contributed by atoms with Crippen molar-refractivity contribution in [2.45, 2.75) is 39.2 Å². The number of aliphatic hydroxyl groups is 1. The van der Waals surface area contributed by atoms with Crippen LogP contribution in [0.3, 0.4) is 0 Å². The predicted molar refractivity (Wildman–Crippen MR) is 62.6 cm³/mol. The first-order chi connectivity index (χ1) is 7.58. The zero-order valence-electron chi connectivity index (χ0n) is 9.91. The quantitative estimate of drug-likeness (QED) is 0.810. The summed E-state index contributed by atoms with van der Waals surface area (Å²) >= 11 is 0. The molecule has 1 aliphatic rings. The van der Waals surface area contributed by atoms with E-state index in [9.17, 15) is 9.50 Å². The zero-order valence-corrected chi connectivity index (χ0v) is 9.91. The number of benzene rings is 1. The summed E-state index contributed by atoms with van der Waals surface area (Å²) in [5.41, 5.74) is 1.61. The smallest absolute Gasteiger partial charge is 0.123 e. The van der Waals surface area contributed by atoms with Crippen LogP contribution in [0.5, 0.6) is 0 Å². The highest BCUT2D eigenvalue weighted by atomic mass is 19.1. The fraction of sp³-hybridized carbons (Fsp3) is 0.571. The monoisotopic (exact) mass is 222 g/mol. The number of hydrogen-bond donors (Lipinski definition) is 1. The molecule has 16 heavy (non-hydrogen) atoms. The molecular weight excluding hydrogens is 203 g/mol. The van der Waals surface area contributed by atoms with Crippen LogP contribution in [0.2, 0.25) is 0 Å². The fourth-order valence-corrected chi connectivity index (χ4v) is 2.83. The Morgan fingerprint density at radius 2 is 2.06 bits per heavy atom. The first kappa shape index (κ1) is 11.6. The average molecular weight is 222 g/mol. The average Bonchev–Trinajstić information content (AvgIpc) is 2.62. The van der Waals surface area contributed by atoms with Gasteiger partial charge in [-0.15, -0.1) is 0 Å². The molecule has 0 saturated heterocycles. The summed E-state index contributed by atoms with van der Waals surface area (Å²) in [6.45, 7) is 4.03. The summed E-state index contributed by atoms with van der Waals surface area (Å²) in [4.78, 5) is 0. The molecule has 0 amide bonds. The van der Waals surface area contributed by atoms with Gasteiger partial charge in [0.2, 0.25) is 0 Å². The van der Waals surface area contributed by atoms with Crippen LogP contribution in [-0.2, 0) is 0 Å². The third kappa shape index (κ3) is 2.27. The van der Waals surface area contributed by atoms with Crippen LogP contribution in [0.25, 0.3) is 0 Å². The van der Waals surface area contributed by atoms with Crippen LogP contribution in [0.1, 0.15) is 43.4 Å². The highest BCUT2D eigenvalue weighted by molar-refractivity contribution is 5.26. The Bertz CT molecular complexity index is 355. The molecule has 1 fully saturated rings. The Balaban J connectivity index is 2.22. The molecule has 3 atom stereocenters. The first-order valence-corrected chi connectivity index (χ1v) is 6.03. The number of aliphatic hydroxyl groups excluding tert-OH is 1. The lowest BCUT2D eigenvalue weighted by molar-refractivity contribution is 0.0897. The molecular formula is C14H19FO. The van der Waals surface area contributed by atoms with E-state index in [-0.39, 0.29) is 5.82 Å². The van der Waals surface area contributed by atoms with E-state index in [0.717, 1.165) is 17.5 Å². The molecule has 1 aromatic rings. The van der Waals surface area contributed by atoms with Gasteiger partial charge < -0.3 is 5.11 Å². The molecule has 0 heterocycles. The van der Waals surface area contributed by atoms with E-state index in [1.807, 2.05) is 13.0 Å². The van der Waals surface area contributed by atoms with Crippen LogP contribution in [0.15, 0.2) is 18.2 Å². The van der Waals surface area contributed by atoms with E-state index in [4.69, 9.17) is 0 Å². The van der Waals surface area contributed by atoms with Crippen molar-refractivity contribution in [2.24, 2.45) is 11.8 Å². The Labute approximate surface area is 96.3 Å². The Morgan fingerprint density at radius 3 is 2.62 bits per heavy atom. The van der Waals surface area contributed by atoms with Gasteiger partial charge in [0, 0.05) is 0 Å². The van der Waals surface area contributed by atoms with Gasteiger partial charge in [0.1, 0.15) is 5.82 Å². The normalized spacial score (nSPS) is 27.0. The Hall–Kier alpha value is -0.890. The summed E-state index contributed by atoms with van der Waals surface area (Å²) in [6, 6.07) is 4.84. The van der Waals surface area contributed by atoms with E-state index < -0.39 is 6.10 Å². The molecule has 0 aromatic heterocycles. The van der Waals surface area contributed by atoms with Crippen LogP contribution in [-0.4, -0.2) is 5.11 Å². The van der Waals surface area contributed by atoms with Gasteiger partial charge in [-0.05, 0) is 48.4 Å². The molecule has 0 spiro atoms. The van der Waals surface area contributed by atoms with Crippen molar-refractivity contribution in [1.82, 2.24) is 0 Å². The van der Waals surface area contributed by atoms with Crippen molar-refractivity contribution in [2.75, 3.05) is 0 Å². The summed E-state index contributed by atoms with van der Waals surface area (Å²) in [6.07, 6.45) is 2.90. The second-order valence-corrected chi connectivity index (χ2v) is 5.08. The van der Waals surface area contributed by atoms with Gasteiger partial charge in [-0.3, -0.25) is 0 Å². The molecule has 2 rings (SSSR count). The molecule has 1 nitrogen and oxygen atoms in total. The highest BCUT2D eigenvalue weighted by Gasteiger charge is 2.30. The van der Waals surface area contributed by atoms with Gasteiger partial charge in [-0.25, -0.2) is 4.39 Å². The molecule has 0 aliphatic heterocycles. The SMILES string of the molecule is Cc1cc(F)cc(C(O)C2CCCC2C)c1. The highest BCUT2D eigenvalue weighted by Crippen LogP contribution is 2.40. The zero-order chi connectivity index (χ0) is 11.7. The maximum Gasteiger partial charge on any atom is 0.123 e. The van der Waals surface area contributed by atoms with Gasteiger partial charge in [0.05, 0.1) is 6.10 Å². The minimum Gasteiger partial charge on any atom is -0.388 e. The van der Waals surface area contributed by atoms with Crippen molar-refractivity contribution in [3.05, 3.63) is 35.1 Å². The van der Waals surface area contributed by atoms with Crippen molar-refractivity contribution >= 4 is 0 Å².